The van der Waals surface area contributed by atoms with Crippen molar-refractivity contribution in [3.05, 3.63) is 36.5 Å². The van der Waals surface area contributed by atoms with E-state index in [9.17, 15) is 0 Å². The fourth-order valence-corrected chi connectivity index (χ4v) is 4.40. The molecule has 2 heteroatoms. The van der Waals surface area contributed by atoms with Crippen LogP contribution in [0.5, 0.6) is 0 Å². The number of carbonyl (C=O) groups is 1. The number of rotatable bonds is 0. The second-order valence-electron chi connectivity index (χ2n) is 10.0. The Balaban J connectivity index is 0.000000445. The van der Waals surface area contributed by atoms with Crippen LogP contribution in [-0.4, -0.2) is 11.1 Å². The SMILES string of the molecule is C1=CCCCCCCCC1.C1=CCCCCCCCC1.C1=CCCCCCCCC1.CC(=O)O. The second kappa shape index (κ2) is 29.7. The summed E-state index contributed by atoms with van der Waals surface area (Å²) in [5.41, 5.74) is 0. The quantitative estimate of drug-likeness (QED) is 0.354. The molecule has 0 saturated heterocycles. The highest BCUT2D eigenvalue weighted by Crippen LogP contribution is 2.13. The van der Waals surface area contributed by atoms with Crippen molar-refractivity contribution < 1.29 is 9.90 Å². The standard InChI is InChI=1S/3C10H18.C2H4O2/c3*1-2-4-6-8-10-9-7-5-3-1;1-2(3)4/h3*1-2H,3-10H2;1H3,(H,3,4). The van der Waals surface area contributed by atoms with Crippen LogP contribution >= 0.6 is 0 Å². The van der Waals surface area contributed by atoms with E-state index in [1.807, 2.05) is 0 Å². The van der Waals surface area contributed by atoms with Crippen molar-refractivity contribution in [1.82, 2.24) is 0 Å². The van der Waals surface area contributed by atoms with Gasteiger partial charge in [0.15, 0.2) is 0 Å². The van der Waals surface area contributed by atoms with Crippen molar-refractivity contribution in [3.8, 4) is 0 Å². The lowest BCUT2D eigenvalue weighted by Crippen LogP contribution is -1.81. The summed E-state index contributed by atoms with van der Waals surface area (Å²) >= 11 is 0. The van der Waals surface area contributed by atoms with Gasteiger partial charge >= 0.3 is 0 Å². The van der Waals surface area contributed by atoms with Crippen molar-refractivity contribution in [2.24, 2.45) is 0 Å². The van der Waals surface area contributed by atoms with Gasteiger partial charge in [-0.25, -0.2) is 0 Å². The first kappa shape index (κ1) is 32.7. The predicted octanol–water partition coefficient (Wildman–Crippen LogP) is 11.1. The molecular formula is C32H58O2. The maximum absolute atomic E-state index is 9.00. The van der Waals surface area contributed by atoms with Crippen molar-refractivity contribution in [3.63, 3.8) is 0 Å². The minimum Gasteiger partial charge on any atom is -0.481 e. The molecule has 2 nitrogen and oxygen atoms in total. The topological polar surface area (TPSA) is 37.3 Å². The van der Waals surface area contributed by atoms with Crippen LogP contribution in [0.3, 0.4) is 0 Å². The van der Waals surface area contributed by atoms with Crippen LogP contribution in [0.25, 0.3) is 0 Å². The van der Waals surface area contributed by atoms with E-state index in [1.165, 1.54) is 154 Å². The summed E-state index contributed by atoms with van der Waals surface area (Å²) in [6.07, 6.45) is 48.0. The summed E-state index contributed by atoms with van der Waals surface area (Å²) in [6.45, 7) is 1.08. The smallest absolute Gasteiger partial charge is 0.300 e. The van der Waals surface area contributed by atoms with Gasteiger partial charge in [0.1, 0.15) is 0 Å². The fourth-order valence-electron chi connectivity index (χ4n) is 4.40. The van der Waals surface area contributed by atoms with Gasteiger partial charge < -0.3 is 5.11 Å². The zero-order valence-electron chi connectivity index (χ0n) is 22.8. The van der Waals surface area contributed by atoms with Crippen molar-refractivity contribution in [2.45, 2.75) is 161 Å². The van der Waals surface area contributed by atoms with Crippen LogP contribution in [0, 0.1) is 0 Å². The molecule has 1 N–H and O–H groups in total. The van der Waals surface area contributed by atoms with Crippen molar-refractivity contribution in [1.29, 1.82) is 0 Å². The molecule has 0 atom stereocenters. The van der Waals surface area contributed by atoms with Gasteiger partial charge in [-0.3, -0.25) is 4.79 Å². The first-order valence-electron chi connectivity index (χ1n) is 14.9. The molecule has 0 fully saturated rings. The zero-order chi connectivity index (χ0) is 24.8. The van der Waals surface area contributed by atoms with E-state index in [0.29, 0.717) is 0 Å². The maximum Gasteiger partial charge on any atom is 0.300 e. The number of carboxylic acid groups (broad SMARTS) is 1. The summed E-state index contributed by atoms with van der Waals surface area (Å²) in [5.74, 6) is -0.833. The van der Waals surface area contributed by atoms with Crippen LogP contribution in [0.1, 0.15) is 161 Å². The summed E-state index contributed by atoms with van der Waals surface area (Å²) in [7, 11) is 0. The molecule has 0 aromatic rings. The van der Waals surface area contributed by atoms with Gasteiger partial charge in [-0.15, -0.1) is 0 Å². The lowest BCUT2D eigenvalue weighted by atomic mass is 10.1. The summed E-state index contributed by atoms with van der Waals surface area (Å²) in [5, 5.41) is 7.42. The summed E-state index contributed by atoms with van der Waals surface area (Å²) in [6, 6.07) is 0. The van der Waals surface area contributed by atoms with Crippen LogP contribution in [0.15, 0.2) is 36.5 Å². The van der Waals surface area contributed by atoms with Gasteiger partial charge in [0.2, 0.25) is 0 Å². The Morgan fingerprint density at radius 2 is 0.500 bits per heavy atom. The third-order valence-corrected chi connectivity index (χ3v) is 6.47. The van der Waals surface area contributed by atoms with Gasteiger partial charge in [-0.05, 0) is 77.0 Å². The average Bonchev–Trinajstić information content (AvgIpc) is 2.85. The molecule has 0 aromatic heterocycles. The first-order chi connectivity index (χ1) is 16.7. The molecule has 0 bridgehead atoms. The Kier molecular flexibility index (Phi) is 28.6. The van der Waals surface area contributed by atoms with Crippen molar-refractivity contribution >= 4 is 5.97 Å². The number of aliphatic carboxylic acids is 1. The Bertz CT molecular complexity index is 387. The molecule has 0 spiro atoms. The third-order valence-electron chi connectivity index (χ3n) is 6.47. The first-order valence-corrected chi connectivity index (χ1v) is 14.9. The van der Waals surface area contributed by atoms with E-state index in [4.69, 9.17) is 9.90 Å². The molecule has 0 heterocycles. The molecule has 0 unspecified atom stereocenters. The van der Waals surface area contributed by atoms with E-state index < -0.39 is 5.97 Å². The number of carboxylic acids is 1. The Labute approximate surface area is 213 Å². The molecular weight excluding hydrogens is 416 g/mol. The van der Waals surface area contributed by atoms with Gasteiger partial charge in [0.25, 0.3) is 5.97 Å². The highest BCUT2D eigenvalue weighted by molar-refractivity contribution is 5.62. The van der Waals surface area contributed by atoms with Gasteiger partial charge in [0.05, 0.1) is 0 Å². The van der Waals surface area contributed by atoms with Crippen LogP contribution < -0.4 is 0 Å². The zero-order valence-corrected chi connectivity index (χ0v) is 22.8. The summed E-state index contributed by atoms with van der Waals surface area (Å²) < 4.78 is 0. The second-order valence-corrected chi connectivity index (χ2v) is 10.0. The minimum absolute atomic E-state index is 0.833. The monoisotopic (exact) mass is 474 g/mol. The van der Waals surface area contributed by atoms with Gasteiger partial charge in [-0.2, -0.15) is 0 Å². The van der Waals surface area contributed by atoms with E-state index in [0.717, 1.165) is 6.92 Å². The van der Waals surface area contributed by atoms with E-state index in [1.54, 1.807) is 0 Å². The van der Waals surface area contributed by atoms with Crippen LogP contribution in [0.2, 0.25) is 0 Å². The Morgan fingerprint density at radius 3 is 0.647 bits per heavy atom. The Hall–Kier alpha value is -1.31. The third kappa shape index (κ3) is 32.9. The van der Waals surface area contributed by atoms with Crippen LogP contribution in [0.4, 0.5) is 0 Å². The number of hydrogen-bond acceptors (Lipinski definition) is 1. The molecule has 34 heavy (non-hydrogen) atoms. The molecule has 3 aliphatic rings. The highest BCUT2D eigenvalue weighted by atomic mass is 16.4. The predicted molar refractivity (Wildman–Crippen MR) is 152 cm³/mol. The van der Waals surface area contributed by atoms with Gasteiger partial charge in [0, 0.05) is 6.92 Å². The molecule has 0 saturated carbocycles. The minimum atomic E-state index is -0.833. The largest absolute Gasteiger partial charge is 0.481 e. The molecule has 3 rings (SSSR count). The highest BCUT2D eigenvalue weighted by Gasteiger charge is 1.93. The van der Waals surface area contributed by atoms with E-state index in [-0.39, 0.29) is 0 Å². The normalized spacial score (nSPS) is 20.5. The summed E-state index contributed by atoms with van der Waals surface area (Å²) in [4.78, 5) is 9.00. The van der Waals surface area contributed by atoms with Crippen molar-refractivity contribution in [2.75, 3.05) is 0 Å². The lowest BCUT2D eigenvalue weighted by molar-refractivity contribution is -0.134. The lowest BCUT2D eigenvalue weighted by Gasteiger charge is -2.01. The average molecular weight is 475 g/mol. The fraction of sp³-hybridized carbons (Fsp3) is 0.781. The van der Waals surface area contributed by atoms with E-state index in [2.05, 4.69) is 36.5 Å². The van der Waals surface area contributed by atoms with Crippen LogP contribution in [-0.2, 0) is 4.79 Å². The Morgan fingerprint density at radius 1 is 0.382 bits per heavy atom. The maximum atomic E-state index is 9.00. The van der Waals surface area contributed by atoms with E-state index >= 15 is 0 Å². The van der Waals surface area contributed by atoms with Gasteiger partial charge in [-0.1, -0.05) is 114 Å². The molecule has 0 aliphatic heterocycles. The molecule has 0 aromatic carbocycles. The molecule has 198 valence electrons. The molecule has 0 radical (unpaired) electrons. The molecule has 3 aliphatic carbocycles. The number of allylic oxidation sites excluding steroid dienone is 6. The molecule has 0 amide bonds. The number of hydrogen-bond donors (Lipinski definition) is 1.